The Morgan fingerprint density at radius 1 is 1.20 bits per heavy atom. The largest absolute Gasteiger partial charge is 0.326 e. The maximum absolute atomic E-state index is 11.5. The summed E-state index contributed by atoms with van der Waals surface area (Å²) in [6.07, 6.45) is 0.0678. The Balaban J connectivity index is 4.01. The van der Waals surface area contributed by atoms with E-state index in [0.29, 0.717) is 0 Å². The van der Waals surface area contributed by atoms with E-state index in [1.165, 1.54) is 0 Å². The zero-order valence-electron chi connectivity index (χ0n) is 7.42. The summed E-state index contributed by atoms with van der Waals surface area (Å²) in [5.74, 6) is 0. The van der Waals surface area contributed by atoms with Gasteiger partial charge in [0.15, 0.2) is 0 Å². The molecule has 0 aliphatic rings. The summed E-state index contributed by atoms with van der Waals surface area (Å²) in [5.41, 5.74) is 0.134. The van der Waals surface area contributed by atoms with Crippen LogP contribution in [-0.4, -0.2) is 18.4 Å². The van der Waals surface area contributed by atoms with Gasteiger partial charge in [0, 0.05) is 12.3 Å². The summed E-state index contributed by atoms with van der Waals surface area (Å²) in [6.45, 7) is 9.33. The molecule has 0 saturated carbocycles. The molecular weight excluding hydrogens is 147 g/mol. The normalized spacial score (nSPS) is 17.9. The van der Waals surface area contributed by atoms with Gasteiger partial charge in [-0.05, 0) is 13.8 Å². The third-order valence-electron chi connectivity index (χ3n) is 1.36. The van der Waals surface area contributed by atoms with Crippen molar-refractivity contribution >= 4 is 7.37 Å². The van der Waals surface area contributed by atoms with Gasteiger partial charge in [0.1, 0.15) is 0 Å². The fourth-order valence-corrected chi connectivity index (χ4v) is 1.62. The highest BCUT2D eigenvalue weighted by Crippen LogP contribution is 2.48. The topological polar surface area (TPSA) is 26.3 Å². The molecule has 0 aliphatic carbocycles. The molecule has 0 heterocycles. The lowest BCUT2D eigenvalue weighted by Crippen LogP contribution is -2.06. The van der Waals surface area contributed by atoms with E-state index in [2.05, 4.69) is 0 Å². The second-order valence-corrected chi connectivity index (χ2v) is 6.22. The van der Waals surface area contributed by atoms with Crippen molar-refractivity contribution in [3.05, 3.63) is 0 Å². The van der Waals surface area contributed by atoms with E-state index in [1.807, 2.05) is 27.7 Å². The minimum absolute atomic E-state index is 0.0678. The molecule has 3 heteroatoms. The lowest BCUT2D eigenvalue weighted by molar-refractivity contribution is 0.243. The van der Waals surface area contributed by atoms with E-state index < -0.39 is 7.37 Å². The molecule has 0 aromatic rings. The fourth-order valence-electron chi connectivity index (χ4n) is 0.540. The molecule has 0 N–H and O–H groups in total. The van der Waals surface area contributed by atoms with E-state index in [-0.39, 0.29) is 11.8 Å². The highest BCUT2D eigenvalue weighted by molar-refractivity contribution is 7.58. The summed E-state index contributed by atoms with van der Waals surface area (Å²) < 4.78 is 16.8. The van der Waals surface area contributed by atoms with Crippen molar-refractivity contribution in [2.24, 2.45) is 0 Å². The van der Waals surface area contributed by atoms with Gasteiger partial charge in [-0.1, -0.05) is 13.8 Å². The van der Waals surface area contributed by atoms with Crippen molar-refractivity contribution in [1.82, 2.24) is 0 Å². The quantitative estimate of drug-likeness (QED) is 0.599. The summed E-state index contributed by atoms with van der Waals surface area (Å²) in [6, 6.07) is 0. The summed E-state index contributed by atoms with van der Waals surface area (Å²) in [5, 5.41) is 0. The van der Waals surface area contributed by atoms with Gasteiger partial charge >= 0.3 is 0 Å². The molecule has 0 saturated heterocycles. The zero-order chi connectivity index (χ0) is 8.36. The first kappa shape index (κ1) is 10.2. The minimum Gasteiger partial charge on any atom is -0.326 e. The van der Waals surface area contributed by atoms with Crippen molar-refractivity contribution in [3.8, 4) is 0 Å². The van der Waals surface area contributed by atoms with Gasteiger partial charge in [-0.25, -0.2) is 0 Å². The maximum atomic E-state index is 11.5. The molecule has 0 aromatic carbocycles. The van der Waals surface area contributed by atoms with Crippen molar-refractivity contribution in [2.45, 2.75) is 39.5 Å². The highest BCUT2D eigenvalue weighted by atomic mass is 31.2. The Morgan fingerprint density at radius 2 is 1.60 bits per heavy atom. The third kappa shape index (κ3) is 3.38. The predicted octanol–water partition coefficient (Wildman–Crippen LogP) is 2.73. The molecule has 0 radical (unpaired) electrons. The average molecular weight is 164 g/mol. The lowest BCUT2D eigenvalue weighted by atomic mass is 10.5. The number of rotatable bonds is 3. The van der Waals surface area contributed by atoms with Crippen molar-refractivity contribution in [3.63, 3.8) is 0 Å². The first-order chi connectivity index (χ1) is 4.36. The Morgan fingerprint density at radius 3 is 1.70 bits per heavy atom. The van der Waals surface area contributed by atoms with Crippen molar-refractivity contribution in [1.29, 1.82) is 0 Å². The molecule has 0 aromatic heterocycles. The third-order valence-corrected chi connectivity index (χ3v) is 4.07. The van der Waals surface area contributed by atoms with Gasteiger partial charge < -0.3 is 4.52 Å². The molecule has 0 aliphatic heterocycles. The average Bonchev–Trinajstić information content (AvgIpc) is 1.60. The number of hydrogen-bond acceptors (Lipinski definition) is 2. The van der Waals surface area contributed by atoms with Gasteiger partial charge in [0.25, 0.3) is 0 Å². The highest BCUT2D eigenvalue weighted by Gasteiger charge is 2.21. The molecular formula is C7H17O2P. The number of hydrogen-bond donors (Lipinski definition) is 0. The van der Waals surface area contributed by atoms with Crippen LogP contribution in [0, 0.1) is 0 Å². The second-order valence-electron chi connectivity index (χ2n) is 3.16. The second kappa shape index (κ2) is 3.54. The van der Waals surface area contributed by atoms with Crippen LogP contribution in [0.5, 0.6) is 0 Å². The van der Waals surface area contributed by atoms with Crippen LogP contribution < -0.4 is 0 Å². The van der Waals surface area contributed by atoms with Gasteiger partial charge in [0.05, 0.1) is 6.10 Å². The molecule has 0 rings (SSSR count). The molecule has 10 heavy (non-hydrogen) atoms. The van der Waals surface area contributed by atoms with Crippen LogP contribution in [0.15, 0.2) is 0 Å². The Bertz CT molecular complexity index is 141. The van der Waals surface area contributed by atoms with Gasteiger partial charge in [-0.15, -0.1) is 0 Å². The summed E-state index contributed by atoms with van der Waals surface area (Å²) in [4.78, 5) is 0. The van der Waals surface area contributed by atoms with Gasteiger partial charge in [-0.3, -0.25) is 4.57 Å². The molecule has 62 valence electrons. The van der Waals surface area contributed by atoms with E-state index in [1.54, 1.807) is 6.66 Å². The monoisotopic (exact) mass is 164 g/mol. The Kier molecular flexibility index (Phi) is 3.61. The van der Waals surface area contributed by atoms with E-state index in [9.17, 15) is 4.57 Å². The zero-order valence-corrected chi connectivity index (χ0v) is 8.31. The molecule has 1 unspecified atom stereocenters. The molecule has 2 nitrogen and oxygen atoms in total. The fraction of sp³-hybridized carbons (Fsp3) is 1.00. The molecule has 1 atom stereocenters. The van der Waals surface area contributed by atoms with Crippen LogP contribution >= 0.6 is 7.37 Å². The van der Waals surface area contributed by atoms with Crippen LogP contribution in [0.25, 0.3) is 0 Å². The standard InChI is InChI=1S/C7H17O2P/c1-6(2)9-10(5,8)7(3)4/h6-7H,1-5H3. The van der Waals surface area contributed by atoms with E-state index in [0.717, 1.165) is 0 Å². The van der Waals surface area contributed by atoms with Crippen LogP contribution in [0.1, 0.15) is 27.7 Å². The van der Waals surface area contributed by atoms with E-state index >= 15 is 0 Å². The molecule has 0 spiro atoms. The maximum Gasteiger partial charge on any atom is 0.202 e. The van der Waals surface area contributed by atoms with Crippen LogP contribution in [-0.2, 0) is 9.09 Å². The molecule has 0 amide bonds. The van der Waals surface area contributed by atoms with Crippen LogP contribution in [0.4, 0.5) is 0 Å². The van der Waals surface area contributed by atoms with Crippen LogP contribution in [0.3, 0.4) is 0 Å². The van der Waals surface area contributed by atoms with Crippen molar-refractivity contribution < 1.29 is 9.09 Å². The first-order valence-electron chi connectivity index (χ1n) is 3.62. The Hall–Kier alpha value is 0.190. The predicted molar refractivity (Wildman–Crippen MR) is 44.9 cm³/mol. The summed E-state index contributed by atoms with van der Waals surface area (Å²) in [7, 11) is -2.32. The lowest BCUT2D eigenvalue weighted by Gasteiger charge is -2.19. The van der Waals surface area contributed by atoms with Gasteiger partial charge in [-0.2, -0.15) is 0 Å². The van der Waals surface area contributed by atoms with Crippen molar-refractivity contribution in [2.75, 3.05) is 6.66 Å². The van der Waals surface area contributed by atoms with Gasteiger partial charge in [0.2, 0.25) is 7.37 Å². The Labute approximate surface area is 63.4 Å². The molecule has 0 bridgehead atoms. The minimum atomic E-state index is -2.32. The molecule has 0 fully saturated rings. The van der Waals surface area contributed by atoms with E-state index in [4.69, 9.17) is 4.52 Å². The SMILES string of the molecule is CC(C)OP(C)(=O)C(C)C. The van der Waals surface area contributed by atoms with Crippen LogP contribution in [0.2, 0.25) is 0 Å². The smallest absolute Gasteiger partial charge is 0.202 e. The first-order valence-corrected chi connectivity index (χ1v) is 5.76. The summed E-state index contributed by atoms with van der Waals surface area (Å²) >= 11 is 0.